The standard InChI is InChI=1S/C15H12BrNO2/c1-9(18)19-17-14-7-6-12-13(14)8-10-4-2-3-5-11(10)15(12)16/h2-5,8H,6-7H2,1H3/b17-14+. The van der Waals surface area contributed by atoms with E-state index in [1.807, 2.05) is 12.1 Å². The van der Waals surface area contributed by atoms with Crippen molar-refractivity contribution in [2.45, 2.75) is 19.8 Å². The molecule has 1 aliphatic rings. The van der Waals surface area contributed by atoms with E-state index in [-0.39, 0.29) is 5.97 Å². The molecule has 3 rings (SSSR count). The van der Waals surface area contributed by atoms with Crippen molar-refractivity contribution >= 4 is 38.4 Å². The molecule has 0 unspecified atom stereocenters. The number of benzene rings is 2. The van der Waals surface area contributed by atoms with Crippen molar-refractivity contribution in [1.82, 2.24) is 0 Å². The number of hydrogen-bond donors (Lipinski definition) is 0. The van der Waals surface area contributed by atoms with Crippen molar-refractivity contribution in [2.24, 2.45) is 5.16 Å². The highest BCUT2D eigenvalue weighted by Gasteiger charge is 2.22. The van der Waals surface area contributed by atoms with Gasteiger partial charge in [-0.25, -0.2) is 4.79 Å². The Balaban J connectivity index is 2.16. The summed E-state index contributed by atoms with van der Waals surface area (Å²) in [5.41, 5.74) is 3.16. The van der Waals surface area contributed by atoms with E-state index in [9.17, 15) is 4.79 Å². The van der Waals surface area contributed by atoms with Crippen LogP contribution in [0.1, 0.15) is 24.5 Å². The summed E-state index contributed by atoms with van der Waals surface area (Å²) in [5, 5.41) is 6.32. The van der Waals surface area contributed by atoms with Gasteiger partial charge < -0.3 is 4.84 Å². The Bertz CT molecular complexity index is 707. The maximum Gasteiger partial charge on any atom is 0.331 e. The van der Waals surface area contributed by atoms with E-state index in [1.54, 1.807) is 0 Å². The lowest BCUT2D eigenvalue weighted by Crippen LogP contribution is -1.99. The van der Waals surface area contributed by atoms with Crippen LogP contribution in [-0.4, -0.2) is 11.7 Å². The van der Waals surface area contributed by atoms with Crippen LogP contribution >= 0.6 is 15.9 Å². The Morgan fingerprint density at radius 2 is 2.11 bits per heavy atom. The van der Waals surface area contributed by atoms with Crippen LogP contribution in [-0.2, 0) is 16.1 Å². The molecule has 0 N–H and O–H groups in total. The second-order valence-electron chi connectivity index (χ2n) is 4.56. The van der Waals surface area contributed by atoms with Gasteiger partial charge in [-0.1, -0.05) is 29.4 Å². The monoisotopic (exact) mass is 317 g/mol. The number of halogens is 1. The molecule has 0 amide bonds. The molecule has 0 radical (unpaired) electrons. The first-order valence-electron chi connectivity index (χ1n) is 6.12. The van der Waals surface area contributed by atoms with Gasteiger partial charge in [0.1, 0.15) is 0 Å². The summed E-state index contributed by atoms with van der Waals surface area (Å²) in [7, 11) is 0. The number of carbonyl (C=O) groups excluding carboxylic acids is 1. The molecule has 0 aliphatic heterocycles. The highest BCUT2D eigenvalue weighted by molar-refractivity contribution is 9.10. The molecule has 0 bridgehead atoms. The minimum atomic E-state index is -0.388. The second kappa shape index (κ2) is 4.78. The fraction of sp³-hybridized carbons (Fsp3) is 0.200. The first kappa shape index (κ1) is 12.4. The van der Waals surface area contributed by atoms with Gasteiger partial charge in [0.05, 0.1) is 5.71 Å². The largest absolute Gasteiger partial charge is 0.331 e. The van der Waals surface area contributed by atoms with Crippen LogP contribution in [0.3, 0.4) is 0 Å². The molecule has 1 aliphatic carbocycles. The van der Waals surface area contributed by atoms with E-state index < -0.39 is 0 Å². The Labute approximate surface area is 119 Å². The zero-order valence-electron chi connectivity index (χ0n) is 10.4. The van der Waals surface area contributed by atoms with Gasteiger partial charge in [0.25, 0.3) is 0 Å². The van der Waals surface area contributed by atoms with E-state index in [0.717, 1.165) is 34.0 Å². The molecule has 0 spiro atoms. The Morgan fingerprint density at radius 1 is 1.32 bits per heavy atom. The quantitative estimate of drug-likeness (QED) is 0.592. The van der Waals surface area contributed by atoms with Gasteiger partial charge in [-0.15, -0.1) is 0 Å². The average molecular weight is 318 g/mol. The highest BCUT2D eigenvalue weighted by Crippen LogP contribution is 2.36. The van der Waals surface area contributed by atoms with E-state index in [0.29, 0.717) is 0 Å². The first-order valence-corrected chi connectivity index (χ1v) is 6.91. The lowest BCUT2D eigenvalue weighted by atomic mass is 10.0. The SMILES string of the molecule is CC(=O)O/N=C1\CCc2c1cc1ccccc1c2Br. The van der Waals surface area contributed by atoms with Crippen LogP contribution in [0.2, 0.25) is 0 Å². The Morgan fingerprint density at radius 3 is 2.89 bits per heavy atom. The summed E-state index contributed by atoms with van der Waals surface area (Å²) in [6, 6.07) is 10.3. The summed E-state index contributed by atoms with van der Waals surface area (Å²) >= 11 is 3.68. The number of nitrogens with zero attached hydrogens (tertiary/aromatic N) is 1. The minimum Gasteiger partial charge on any atom is -0.318 e. The summed E-state index contributed by atoms with van der Waals surface area (Å²) < 4.78 is 1.12. The van der Waals surface area contributed by atoms with Gasteiger partial charge in [-0.2, -0.15) is 0 Å². The van der Waals surface area contributed by atoms with Crippen molar-refractivity contribution in [2.75, 3.05) is 0 Å². The van der Waals surface area contributed by atoms with Crippen LogP contribution in [0.15, 0.2) is 40.0 Å². The number of fused-ring (bicyclic) bond motifs is 2. The summed E-state index contributed by atoms with van der Waals surface area (Å²) in [6.45, 7) is 1.36. The third-order valence-corrected chi connectivity index (χ3v) is 4.20. The number of hydrogen-bond acceptors (Lipinski definition) is 3. The van der Waals surface area contributed by atoms with Crippen LogP contribution in [0.25, 0.3) is 10.8 Å². The molecule has 3 nitrogen and oxygen atoms in total. The number of carbonyl (C=O) groups is 1. The third kappa shape index (κ3) is 2.16. The van der Waals surface area contributed by atoms with Crippen molar-refractivity contribution in [1.29, 1.82) is 0 Å². The lowest BCUT2D eigenvalue weighted by Gasteiger charge is -2.07. The predicted molar refractivity (Wildman–Crippen MR) is 78.3 cm³/mol. The molecule has 2 aromatic carbocycles. The van der Waals surface area contributed by atoms with Gasteiger partial charge in [0.15, 0.2) is 0 Å². The van der Waals surface area contributed by atoms with Crippen molar-refractivity contribution in [3.63, 3.8) is 0 Å². The molecule has 0 atom stereocenters. The number of oxime groups is 1. The van der Waals surface area contributed by atoms with Crippen molar-refractivity contribution < 1.29 is 9.63 Å². The van der Waals surface area contributed by atoms with Crippen LogP contribution in [0.4, 0.5) is 0 Å². The fourth-order valence-corrected chi connectivity index (χ4v) is 3.21. The van der Waals surface area contributed by atoms with E-state index >= 15 is 0 Å². The van der Waals surface area contributed by atoms with Crippen molar-refractivity contribution in [3.05, 3.63) is 45.9 Å². The van der Waals surface area contributed by atoms with Crippen LogP contribution in [0, 0.1) is 0 Å². The minimum absolute atomic E-state index is 0.388. The molecule has 0 saturated carbocycles. The van der Waals surface area contributed by atoms with Gasteiger partial charge >= 0.3 is 5.97 Å². The molecule has 19 heavy (non-hydrogen) atoms. The predicted octanol–water partition coefficient (Wildman–Crippen LogP) is 3.82. The highest BCUT2D eigenvalue weighted by atomic mass is 79.9. The Kier molecular flexibility index (Phi) is 3.11. The van der Waals surface area contributed by atoms with Crippen LogP contribution < -0.4 is 0 Å². The van der Waals surface area contributed by atoms with E-state index in [1.165, 1.54) is 17.9 Å². The van der Waals surface area contributed by atoms with Gasteiger partial charge in [-0.3, -0.25) is 0 Å². The molecule has 0 fully saturated rings. The van der Waals surface area contributed by atoms with E-state index in [2.05, 4.69) is 39.3 Å². The van der Waals surface area contributed by atoms with Crippen LogP contribution in [0.5, 0.6) is 0 Å². The zero-order chi connectivity index (χ0) is 13.4. The summed E-state index contributed by atoms with van der Waals surface area (Å²) in [6.07, 6.45) is 1.72. The maximum atomic E-state index is 10.9. The first-order chi connectivity index (χ1) is 9.16. The Hall–Kier alpha value is -1.68. The van der Waals surface area contributed by atoms with Gasteiger partial charge in [0.2, 0.25) is 0 Å². The molecular weight excluding hydrogens is 306 g/mol. The normalized spacial score (nSPS) is 15.8. The molecule has 96 valence electrons. The molecular formula is C15H12BrNO2. The summed E-state index contributed by atoms with van der Waals surface area (Å²) in [4.78, 5) is 15.6. The second-order valence-corrected chi connectivity index (χ2v) is 5.35. The van der Waals surface area contributed by atoms with Gasteiger partial charge in [0, 0.05) is 17.0 Å². The molecule has 4 heteroatoms. The lowest BCUT2D eigenvalue weighted by molar-refractivity contribution is -0.140. The molecule has 0 heterocycles. The maximum absolute atomic E-state index is 10.9. The smallest absolute Gasteiger partial charge is 0.318 e. The molecule has 2 aromatic rings. The van der Waals surface area contributed by atoms with E-state index in [4.69, 9.17) is 4.84 Å². The average Bonchev–Trinajstić information content (AvgIpc) is 2.80. The third-order valence-electron chi connectivity index (χ3n) is 3.29. The molecule has 0 saturated heterocycles. The van der Waals surface area contributed by atoms with Crippen molar-refractivity contribution in [3.8, 4) is 0 Å². The number of rotatable bonds is 1. The fourth-order valence-electron chi connectivity index (χ4n) is 2.44. The zero-order valence-corrected chi connectivity index (χ0v) is 12.0. The topological polar surface area (TPSA) is 38.7 Å². The summed E-state index contributed by atoms with van der Waals surface area (Å²) in [5.74, 6) is -0.388. The molecule has 0 aromatic heterocycles. The van der Waals surface area contributed by atoms with Gasteiger partial charge in [-0.05, 0) is 51.2 Å².